The number of aryl methyl sites for hydroxylation is 1. The molecule has 162 valence electrons. The van der Waals surface area contributed by atoms with Crippen molar-refractivity contribution in [2.24, 2.45) is 7.05 Å². The SMILES string of the molecule is CCN(CC)C(=O)COc1ccc(NC(=O)c2cc(=O)n(C)c3ccccc23)cc1Cl. The summed E-state index contributed by atoms with van der Waals surface area (Å²) in [6.45, 7) is 4.89. The smallest absolute Gasteiger partial charge is 0.260 e. The fourth-order valence-corrected chi connectivity index (χ4v) is 3.53. The number of para-hydroxylation sites is 1. The Labute approximate surface area is 185 Å². The summed E-state index contributed by atoms with van der Waals surface area (Å²) in [6, 6.07) is 13.3. The first-order valence-electron chi connectivity index (χ1n) is 9.96. The molecule has 0 saturated heterocycles. The van der Waals surface area contributed by atoms with E-state index < -0.39 is 5.91 Å². The third-order valence-corrected chi connectivity index (χ3v) is 5.35. The second-order valence-corrected chi connectivity index (χ2v) is 7.33. The fourth-order valence-electron chi connectivity index (χ4n) is 3.30. The van der Waals surface area contributed by atoms with Crippen LogP contribution in [-0.4, -0.2) is 41.0 Å². The van der Waals surface area contributed by atoms with E-state index in [9.17, 15) is 14.4 Å². The molecule has 0 fully saturated rings. The first-order valence-corrected chi connectivity index (χ1v) is 10.3. The number of hydrogen-bond donors (Lipinski definition) is 1. The highest BCUT2D eigenvalue weighted by Gasteiger charge is 2.15. The van der Waals surface area contributed by atoms with Crippen LogP contribution in [0.4, 0.5) is 5.69 Å². The summed E-state index contributed by atoms with van der Waals surface area (Å²) in [5.41, 5.74) is 1.12. The Balaban J connectivity index is 1.77. The molecule has 1 N–H and O–H groups in total. The van der Waals surface area contributed by atoms with Crippen LogP contribution >= 0.6 is 11.6 Å². The van der Waals surface area contributed by atoms with Crippen LogP contribution in [0.1, 0.15) is 24.2 Å². The van der Waals surface area contributed by atoms with E-state index in [4.69, 9.17) is 16.3 Å². The lowest BCUT2D eigenvalue weighted by molar-refractivity contribution is -0.132. The van der Waals surface area contributed by atoms with E-state index >= 15 is 0 Å². The highest BCUT2D eigenvalue weighted by Crippen LogP contribution is 2.28. The van der Waals surface area contributed by atoms with Crippen molar-refractivity contribution in [3.8, 4) is 5.75 Å². The molecule has 0 aliphatic rings. The maximum absolute atomic E-state index is 12.9. The maximum atomic E-state index is 12.9. The number of likely N-dealkylation sites (N-methyl/N-ethyl adjacent to an activating group) is 1. The number of pyridine rings is 1. The number of aromatic nitrogens is 1. The van der Waals surface area contributed by atoms with Gasteiger partial charge in [-0.05, 0) is 38.1 Å². The van der Waals surface area contributed by atoms with Gasteiger partial charge in [0.1, 0.15) is 5.75 Å². The third-order valence-electron chi connectivity index (χ3n) is 5.06. The van der Waals surface area contributed by atoms with Gasteiger partial charge in [-0.1, -0.05) is 29.8 Å². The van der Waals surface area contributed by atoms with Crippen molar-refractivity contribution in [1.82, 2.24) is 9.47 Å². The highest BCUT2D eigenvalue weighted by atomic mass is 35.5. The number of halogens is 1. The number of nitrogens with zero attached hydrogens (tertiary/aromatic N) is 2. The zero-order valence-electron chi connectivity index (χ0n) is 17.6. The van der Waals surface area contributed by atoms with Crippen LogP contribution in [0, 0.1) is 0 Å². The number of nitrogens with one attached hydrogen (secondary N) is 1. The van der Waals surface area contributed by atoms with E-state index in [0.717, 1.165) is 0 Å². The van der Waals surface area contributed by atoms with Crippen LogP contribution in [0.25, 0.3) is 10.9 Å². The van der Waals surface area contributed by atoms with Gasteiger partial charge in [-0.25, -0.2) is 0 Å². The highest BCUT2D eigenvalue weighted by molar-refractivity contribution is 6.32. The number of anilines is 1. The van der Waals surface area contributed by atoms with Crippen molar-refractivity contribution in [2.45, 2.75) is 13.8 Å². The van der Waals surface area contributed by atoms with E-state index in [0.29, 0.717) is 35.4 Å². The molecule has 0 aliphatic heterocycles. The van der Waals surface area contributed by atoms with Crippen molar-refractivity contribution in [1.29, 1.82) is 0 Å². The molecule has 2 aromatic carbocycles. The molecule has 0 saturated carbocycles. The topological polar surface area (TPSA) is 80.6 Å². The molecule has 2 amide bonds. The molecular formula is C23H24ClN3O4. The molecule has 3 rings (SSSR count). The van der Waals surface area contributed by atoms with E-state index in [1.54, 1.807) is 42.3 Å². The van der Waals surface area contributed by atoms with Crippen LogP contribution in [0.3, 0.4) is 0 Å². The number of amides is 2. The van der Waals surface area contributed by atoms with Gasteiger partial charge in [-0.2, -0.15) is 0 Å². The van der Waals surface area contributed by atoms with Gasteiger partial charge in [0, 0.05) is 37.3 Å². The predicted molar refractivity (Wildman–Crippen MR) is 122 cm³/mol. The van der Waals surface area contributed by atoms with E-state index in [-0.39, 0.29) is 28.7 Å². The molecule has 7 nitrogen and oxygen atoms in total. The Bertz CT molecular complexity index is 1190. The lowest BCUT2D eigenvalue weighted by Crippen LogP contribution is -2.34. The molecule has 0 atom stereocenters. The molecule has 3 aromatic rings. The second kappa shape index (κ2) is 9.66. The summed E-state index contributed by atoms with van der Waals surface area (Å²) < 4.78 is 7.03. The van der Waals surface area contributed by atoms with Crippen LogP contribution in [-0.2, 0) is 11.8 Å². The Kier molecular flexibility index (Phi) is 6.97. The Morgan fingerprint density at radius 3 is 2.48 bits per heavy atom. The summed E-state index contributed by atoms with van der Waals surface area (Å²) >= 11 is 6.28. The second-order valence-electron chi connectivity index (χ2n) is 6.93. The van der Waals surface area contributed by atoms with Crippen LogP contribution in [0.15, 0.2) is 53.3 Å². The normalized spacial score (nSPS) is 10.7. The molecular weight excluding hydrogens is 418 g/mol. The standard InChI is InChI=1S/C23H24ClN3O4/c1-4-27(5-2)22(29)14-31-20-11-10-15(12-18(20)24)25-23(30)17-13-21(28)26(3)19-9-7-6-8-16(17)19/h6-13H,4-5,14H2,1-3H3,(H,25,30). The largest absolute Gasteiger partial charge is 0.482 e. The zero-order chi connectivity index (χ0) is 22.5. The van der Waals surface area contributed by atoms with E-state index in [2.05, 4.69) is 5.32 Å². The first kappa shape index (κ1) is 22.4. The number of ether oxygens (including phenoxy) is 1. The molecule has 0 spiro atoms. The number of benzene rings is 2. The first-order chi connectivity index (χ1) is 14.8. The van der Waals surface area contributed by atoms with Crippen molar-refractivity contribution >= 4 is 40.0 Å². The van der Waals surface area contributed by atoms with Crippen LogP contribution < -0.4 is 15.6 Å². The zero-order valence-corrected chi connectivity index (χ0v) is 18.4. The molecule has 8 heteroatoms. The third kappa shape index (κ3) is 4.88. The minimum Gasteiger partial charge on any atom is -0.482 e. The monoisotopic (exact) mass is 441 g/mol. The van der Waals surface area contributed by atoms with Crippen molar-refractivity contribution in [3.05, 3.63) is 69.5 Å². The Hall–Kier alpha value is -3.32. The summed E-state index contributed by atoms with van der Waals surface area (Å²) in [5.74, 6) is -0.203. The minimum atomic E-state index is -0.421. The van der Waals surface area contributed by atoms with Crippen LogP contribution in [0.5, 0.6) is 5.75 Å². The molecule has 0 aliphatic carbocycles. The van der Waals surface area contributed by atoms with Crippen molar-refractivity contribution in [2.75, 3.05) is 25.0 Å². The van der Waals surface area contributed by atoms with E-state index in [1.807, 2.05) is 26.0 Å². The Morgan fingerprint density at radius 1 is 1.10 bits per heavy atom. The molecule has 0 radical (unpaired) electrons. The molecule has 0 bridgehead atoms. The molecule has 0 unspecified atom stereocenters. The van der Waals surface area contributed by atoms with Gasteiger partial charge >= 0.3 is 0 Å². The van der Waals surface area contributed by atoms with Gasteiger partial charge < -0.3 is 19.5 Å². The van der Waals surface area contributed by atoms with Gasteiger partial charge in [-0.3, -0.25) is 14.4 Å². The lowest BCUT2D eigenvalue weighted by Gasteiger charge is -2.19. The Morgan fingerprint density at radius 2 is 1.81 bits per heavy atom. The number of carbonyl (C=O) groups excluding carboxylic acids is 2. The number of hydrogen-bond acceptors (Lipinski definition) is 4. The van der Waals surface area contributed by atoms with Gasteiger partial charge in [0.05, 0.1) is 16.1 Å². The van der Waals surface area contributed by atoms with E-state index in [1.165, 1.54) is 10.6 Å². The predicted octanol–water partition coefficient (Wildman–Crippen LogP) is 3.69. The summed E-state index contributed by atoms with van der Waals surface area (Å²) in [6.07, 6.45) is 0. The van der Waals surface area contributed by atoms with Gasteiger partial charge in [0.15, 0.2) is 6.61 Å². The number of fused-ring (bicyclic) bond motifs is 1. The van der Waals surface area contributed by atoms with Crippen molar-refractivity contribution < 1.29 is 14.3 Å². The van der Waals surface area contributed by atoms with Gasteiger partial charge in [0.2, 0.25) is 0 Å². The van der Waals surface area contributed by atoms with Crippen LogP contribution in [0.2, 0.25) is 5.02 Å². The minimum absolute atomic E-state index is 0.119. The number of carbonyl (C=O) groups is 2. The molecule has 31 heavy (non-hydrogen) atoms. The average molecular weight is 442 g/mol. The molecule has 1 heterocycles. The molecule has 1 aromatic heterocycles. The lowest BCUT2D eigenvalue weighted by atomic mass is 10.1. The fraction of sp³-hybridized carbons (Fsp3) is 0.261. The maximum Gasteiger partial charge on any atom is 0.260 e. The van der Waals surface area contributed by atoms with Gasteiger partial charge in [0.25, 0.3) is 17.4 Å². The number of rotatable bonds is 7. The summed E-state index contributed by atoms with van der Waals surface area (Å²) in [4.78, 5) is 38.9. The summed E-state index contributed by atoms with van der Waals surface area (Å²) in [5, 5.41) is 3.70. The van der Waals surface area contributed by atoms with Crippen molar-refractivity contribution in [3.63, 3.8) is 0 Å². The van der Waals surface area contributed by atoms with Gasteiger partial charge in [-0.15, -0.1) is 0 Å². The summed E-state index contributed by atoms with van der Waals surface area (Å²) in [7, 11) is 1.66. The quantitative estimate of drug-likeness (QED) is 0.606. The average Bonchev–Trinajstić information content (AvgIpc) is 2.76.